The molecule has 0 unspecified atom stereocenters. The van der Waals surface area contributed by atoms with Crippen LogP contribution in [0.25, 0.3) is 0 Å². The van der Waals surface area contributed by atoms with Gasteiger partial charge < -0.3 is 5.32 Å². The molecule has 10 heteroatoms. The van der Waals surface area contributed by atoms with Gasteiger partial charge in [-0.3, -0.25) is 9.59 Å². The molecule has 200 valence electrons. The third kappa shape index (κ3) is 30.0. The highest BCUT2D eigenvalue weighted by Gasteiger charge is 2.16. The molecule has 0 fully saturated rings. The quantitative estimate of drug-likeness (QED) is 0.480. The average molecular weight is 523 g/mol. The highest BCUT2D eigenvalue weighted by Crippen LogP contribution is 2.02. The fourth-order valence-electron chi connectivity index (χ4n) is 1.32. The zero-order valence-corrected chi connectivity index (χ0v) is 24.2. The number of rotatable bonds is 7. The van der Waals surface area contributed by atoms with Crippen molar-refractivity contribution in [2.75, 3.05) is 0 Å². The Labute approximate surface area is 208 Å². The maximum Gasteiger partial charge on any atom is 0.243 e. The van der Waals surface area contributed by atoms with Crippen molar-refractivity contribution in [3.63, 3.8) is 0 Å². The number of amides is 1. The zero-order chi connectivity index (χ0) is 28.6. The monoisotopic (exact) mass is 522 g/mol. The predicted octanol–water partition coefficient (Wildman–Crippen LogP) is 4.29. The Balaban J connectivity index is -0.000000178. The maximum atomic E-state index is 10.8. The Morgan fingerprint density at radius 1 is 0.735 bits per heavy atom. The minimum absolute atomic E-state index is 0.109. The van der Waals surface area contributed by atoms with E-state index in [9.17, 15) is 26.4 Å². The summed E-state index contributed by atoms with van der Waals surface area (Å²) in [6.45, 7) is 31.0. The molecule has 8 nitrogen and oxygen atoms in total. The summed E-state index contributed by atoms with van der Waals surface area (Å²) in [7, 11) is -6.24. The van der Waals surface area contributed by atoms with Crippen molar-refractivity contribution in [2.45, 2.75) is 85.6 Å². The first-order valence-corrected chi connectivity index (χ1v) is 13.7. The number of carbonyl (C=O) groups is 2. The molecule has 0 saturated heterocycles. The van der Waals surface area contributed by atoms with Crippen LogP contribution in [-0.2, 0) is 29.4 Å². The molecule has 1 amide bonds. The summed E-state index contributed by atoms with van der Waals surface area (Å²) in [4.78, 5) is 21.0. The molecule has 0 spiro atoms. The molecule has 0 heterocycles. The van der Waals surface area contributed by atoms with Crippen molar-refractivity contribution < 1.29 is 26.4 Å². The highest BCUT2D eigenvalue weighted by atomic mass is 32.2. The summed E-state index contributed by atoms with van der Waals surface area (Å²) >= 11 is 0. The van der Waals surface area contributed by atoms with Crippen LogP contribution in [0.2, 0.25) is 0 Å². The van der Waals surface area contributed by atoms with Gasteiger partial charge in [-0.2, -0.15) is 0 Å². The normalized spacial score (nSPS) is 11.3. The summed E-state index contributed by atoms with van der Waals surface area (Å²) < 4.78 is 45.1. The van der Waals surface area contributed by atoms with Gasteiger partial charge in [-0.1, -0.05) is 40.2 Å². The summed E-state index contributed by atoms with van der Waals surface area (Å²) in [5, 5.41) is 4.26. The molecule has 0 aliphatic carbocycles. The molecule has 0 aromatic carbocycles. The molecule has 0 aromatic rings. The Hall–Kier alpha value is -2.04. The molecule has 0 saturated carbocycles. The van der Waals surface area contributed by atoms with Gasteiger partial charge in [0.15, 0.2) is 15.6 Å². The number of nitrogens with one attached hydrogen (secondary N) is 2. The number of ketones is 1. The Morgan fingerprint density at radius 3 is 1.21 bits per heavy atom. The van der Waals surface area contributed by atoms with E-state index in [1.165, 1.54) is 12.2 Å². The highest BCUT2D eigenvalue weighted by molar-refractivity contribution is 7.94. The first-order chi connectivity index (χ1) is 14.9. The topological polar surface area (TPSA) is 126 Å². The van der Waals surface area contributed by atoms with Gasteiger partial charge in [0.25, 0.3) is 0 Å². The summed E-state index contributed by atoms with van der Waals surface area (Å²) in [6.07, 6.45) is 2.62. The zero-order valence-electron chi connectivity index (χ0n) is 22.6. The van der Waals surface area contributed by atoms with E-state index in [1.54, 1.807) is 34.6 Å². The largest absolute Gasteiger partial charge is 0.348 e. The second kappa shape index (κ2) is 17.4. The molecule has 0 bridgehead atoms. The van der Waals surface area contributed by atoms with Crippen LogP contribution in [0.5, 0.6) is 0 Å². The molecular formula is C24H46N2O6S2. The minimum Gasteiger partial charge on any atom is -0.348 e. The Morgan fingerprint density at radius 2 is 1.15 bits per heavy atom. The van der Waals surface area contributed by atoms with Crippen LogP contribution in [0.1, 0.15) is 69.2 Å². The van der Waals surface area contributed by atoms with Gasteiger partial charge in [-0.05, 0) is 67.5 Å². The fourth-order valence-corrected chi connectivity index (χ4v) is 2.64. The number of hydrogen-bond donors (Lipinski definition) is 2. The van der Waals surface area contributed by atoms with Crippen molar-refractivity contribution in [1.82, 2.24) is 10.0 Å². The molecule has 34 heavy (non-hydrogen) atoms. The molecule has 0 aliphatic heterocycles. The Bertz CT molecular complexity index is 871. The van der Waals surface area contributed by atoms with Gasteiger partial charge >= 0.3 is 0 Å². The van der Waals surface area contributed by atoms with Gasteiger partial charge in [-0.25, -0.2) is 21.6 Å². The van der Waals surface area contributed by atoms with E-state index in [2.05, 4.69) is 36.4 Å². The van der Waals surface area contributed by atoms with E-state index in [4.69, 9.17) is 0 Å². The van der Waals surface area contributed by atoms with E-state index in [-0.39, 0.29) is 28.4 Å². The van der Waals surface area contributed by atoms with Crippen molar-refractivity contribution in [3.05, 3.63) is 49.3 Å². The van der Waals surface area contributed by atoms with Crippen LogP contribution in [0.3, 0.4) is 0 Å². The smallest absolute Gasteiger partial charge is 0.243 e. The summed E-state index contributed by atoms with van der Waals surface area (Å²) in [6, 6.07) is 0. The van der Waals surface area contributed by atoms with Gasteiger partial charge in [0.05, 0.1) is 5.25 Å². The summed E-state index contributed by atoms with van der Waals surface area (Å²) in [5.74, 6) is 0.0972. The Kier molecular flexibility index (Phi) is 20.1. The van der Waals surface area contributed by atoms with Crippen molar-refractivity contribution in [2.24, 2.45) is 5.92 Å². The lowest BCUT2D eigenvalue weighted by Crippen LogP contribution is -2.39. The lowest BCUT2D eigenvalue weighted by Gasteiger charge is -2.18. The molecule has 0 aliphatic rings. The van der Waals surface area contributed by atoms with E-state index in [0.29, 0.717) is 0 Å². The van der Waals surface area contributed by atoms with Crippen molar-refractivity contribution in [1.29, 1.82) is 0 Å². The number of sulfonamides is 1. The van der Waals surface area contributed by atoms with Gasteiger partial charge in [0.1, 0.15) is 0 Å². The third-order valence-corrected chi connectivity index (χ3v) is 6.13. The van der Waals surface area contributed by atoms with Gasteiger partial charge in [0, 0.05) is 27.8 Å². The van der Waals surface area contributed by atoms with E-state index < -0.39 is 25.4 Å². The average Bonchev–Trinajstić information content (AvgIpc) is 2.65. The molecule has 0 atom stereocenters. The second-order valence-electron chi connectivity index (χ2n) is 9.57. The molecule has 0 rings (SSSR count). The third-order valence-electron chi connectivity index (χ3n) is 3.01. The second-order valence-corrected chi connectivity index (χ2v) is 13.7. The van der Waals surface area contributed by atoms with Crippen LogP contribution >= 0.6 is 0 Å². The van der Waals surface area contributed by atoms with Crippen molar-refractivity contribution >= 4 is 31.6 Å². The van der Waals surface area contributed by atoms with Crippen LogP contribution in [0, 0.1) is 5.92 Å². The van der Waals surface area contributed by atoms with Crippen LogP contribution in [0.15, 0.2) is 49.3 Å². The summed E-state index contributed by atoms with van der Waals surface area (Å²) in [5.41, 5.74) is -0.571. The van der Waals surface area contributed by atoms with Crippen molar-refractivity contribution in [3.8, 4) is 0 Å². The van der Waals surface area contributed by atoms with E-state index in [0.717, 1.165) is 10.8 Å². The SMILES string of the molecule is C=CC(=O)C(C)C.C=CC(=O)NC(C)(C)C.C=CS(=O)(=O)C(C)C.C=CS(=O)(=O)NC(C)(C)C. The first-order valence-electron chi connectivity index (χ1n) is 10.5. The number of hydrogen-bond acceptors (Lipinski definition) is 6. The molecular weight excluding hydrogens is 476 g/mol. The number of sulfone groups is 1. The van der Waals surface area contributed by atoms with E-state index >= 15 is 0 Å². The molecule has 2 N–H and O–H groups in total. The number of allylic oxidation sites excluding steroid dienone is 1. The number of carbonyl (C=O) groups excluding carboxylic acids is 2. The lowest BCUT2D eigenvalue weighted by atomic mass is 10.1. The van der Waals surface area contributed by atoms with Crippen LogP contribution < -0.4 is 10.0 Å². The van der Waals surface area contributed by atoms with Gasteiger partial charge in [0.2, 0.25) is 15.9 Å². The van der Waals surface area contributed by atoms with E-state index in [1.807, 2.05) is 34.6 Å². The maximum absolute atomic E-state index is 10.8. The van der Waals surface area contributed by atoms with Crippen LogP contribution in [0.4, 0.5) is 0 Å². The van der Waals surface area contributed by atoms with Crippen LogP contribution in [-0.4, -0.2) is 44.9 Å². The first kappa shape index (κ1) is 39.2. The van der Waals surface area contributed by atoms with Gasteiger partial charge in [-0.15, -0.1) is 0 Å². The predicted molar refractivity (Wildman–Crippen MR) is 144 cm³/mol. The lowest BCUT2D eigenvalue weighted by molar-refractivity contribution is -0.118. The minimum atomic E-state index is -3.26. The fraction of sp³-hybridized carbons (Fsp3) is 0.583. The molecule has 0 aromatic heterocycles. The molecule has 0 radical (unpaired) electrons. The standard InChI is InChI=1S/C7H13NO.C6H13NO2S.C6H10O.C5H10O2S/c1-5-6(9)8-7(2,3)4;1-5-10(8,9)7-6(2,3)4;1-4-6(7)5(2)3;1-4-8(6,7)5(2)3/h5H,1H2,2-4H3,(H,8,9);5,7H,1H2,2-4H3;4-5H,1H2,2-3H3;4-5H,1H2,2-3H3.